The molecule has 0 radical (unpaired) electrons. The molecule has 1 fully saturated rings. The Morgan fingerprint density at radius 1 is 0.889 bits per heavy atom. The van der Waals surface area contributed by atoms with Gasteiger partial charge in [-0.15, -0.1) is 0 Å². The number of aryl methyl sites for hydroxylation is 2. The first-order valence-corrected chi connectivity index (χ1v) is 11.4. The lowest BCUT2D eigenvalue weighted by Crippen LogP contribution is -2.38. The molecular weight excluding hydrogens is 488 g/mol. The van der Waals surface area contributed by atoms with Crippen LogP contribution in [0.15, 0.2) is 36.4 Å². The average Bonchev–Trinajstić information content (AvgIpc) is 3.01. The van der Waals surface area contributed by atoms with Gasteiger partial charge >= 0.3 is 12.4 Å². The highest BCUT2D eigenvalue weighted by atomic mass is 19.4. The maximum Gasteiger partial charge on any atom is 0.416 e. The lowest BCUT2D eigenvalue weighted by molar-refractivity contribution is -0.143. The third-order valence-corrected chi connectivity index (χ3v) is 6.14. The van der Waals surface area contributed by atoms with Crippen molar-refractivity contribution in [2.45, 2.75) is 39.0 Å². The Balaban J connectivity index is 1.62. The van der Waals surface area contributed by atoms with E-state index in [2.05, 4.69) is 5.32 Å². The van der Waals surface area contributed by atoms with Crippen molar-refractivity contribution in [2.24, 2.45) is 0 Å². The molecule has 11 heteroatoms. The average molecular weight is 515 g/mol. The summed E-state index contributed by atoms with van der Waals surface area (Å²) in [5, 5.41) is 2.90. The van der Waals surface area contributed by atoms with E-state index >= 15 is 0 Å². The molecule has 0 saturated carbocycles. The summed E-state index contributed by atoms with van der Waals surface area (Å²) in [7, 11) is 0. The number of para-hydroxylation sites is 1. The van der Waals surface area contributed by atoms with Crippen LogP contribution in [0.1, 0.15) is 34.2 Å². The Bertz CT molecular complexity index is 1090. The van der Waals surface area contributed by atoms with Gasteiger partial charge < -0.3 is 10.2 Å². The van der Waals surface area contributed by atoms with Crippen molar-refractivity contribution in [1.82, 2.24) is 9.80 Å². The quantitative estimate of drug-likeness (QED) is 0.567. The van der Waals surface area contributed by atoms with E-state index in [-0.39, 0.29) is 31.6 Å². The molecule has 5 nitrogen and oxygen atoms in total. The van der Waals surface area contributed by atoms with Crippen LogP contribution < -0.4 is 5.32 Å². The first-order chi connectivity index (χ1) is 16.8. The molecular formula is C25H27F6N3O2. The number of amides is 2. The molecule has 196 valence electrons. The number of rotatable bonds is 5. The van der Waals surface area contributed by atoms with E-state index in [1.165, 1.54) is 4.90 Å². The summed E-state index contributed by atoms with van der Waals surface area (Å²) in [6, 6.07) is 6.98. The van der Waals surface area contributed by atoms with Crippen LogP contribution in [0.5, 0.6) is 0 Å². The lowest BCUT2D eigenvalue weighted by Gasteiger charge is -2.23. The van der Waals surface area contributed by atoms with E-state index in [9.17, 15) is 35.9 Å². The summed E-state index contributed by atoms with van der Waals surface area (Å²) in [6.07, 6.45) is -10.1. The number of carbonyl (C=O) groups is 2. The fourth-order valence-electron chi connectivity index (χ4n) is 4.22. The third-order valence-electron chi connectivity index (χ3n) is 6.14. The summed E-state index contributed by atoms with van der Waals surface area (Å²) in [6.45, 7) is 5.18. The van der Waals surface area contributed by atoms with Gasteiger partial charge in [-0.2, -0.15) is 26.3 Å². The number of nitrogens with zero attached hydrogens (tertiary/aromatic N) is 2. The second-order valence-electron chi connectivity index (χ2n) is 8.87. The van der Waals surface area contributed by atoms with Gasteiger partial charge in [0.25, 0.3) is 0 Å². The van der Waals surface area contributed by atoms with Gasteiger partial charge in [0, 0.05) is 31.9 Å². The molecule has 36 heavy (non-hydrogen) atoms. The maximum absolute atomic E-state index is 13.4. The smallest absolute Gasteiger partial charge is 0.341 e. The fourth-order valence-corrected chi connectivity index (χ4v) is 4.22. The highest BCUT2D eigenvalue weighted by Gasteiger charge is 2.38. The largest absolute Gasteiger partial charge is 0.416 e. The minimum absolute atomic E-state index is 0.0432. The minimum Gasteiger partial charge on any atom is -0.341 e. The Hall–Kier alpha value is -3.08. The molecule has 0 aliphatic carbocycles. The van der Waals surface area contributed by atoms with Crippen molar-refractivity contribution in [3.05, 3.63) is 64.2 Å². The van der Waals surface area contributed by atoms with E-state index < -0.39 is 41.4 Å². The molecule has 1 heterocycles. The minimum atomic E-state index is -5.03. The summed E-state index contributed by atoms with van der Waals surface area (Å²) >= 11 is 0. The first kappa shape index (κ1) is 27.5. The van der Waals surface area contributed by atoms with Gasteiger partial charge in [-0.3, -0.25) is 14.5 Å². The molecule has 2 aromatic carbocycles. The van der Waals surface area contributed by atoms with Crippen molar-refractivity contribution >= 4 is 17.5 Å². The van der Waals surface area contributed by atoms with Crippen molar-refractivity contribution in [3.63, 3.8) is 0 Å². The molecule has 1 aliphatic rings. The van der Waals surface area contributed by atoms with Gasteiger partial charge in [0.1, 0.15) is 0 Å². The van der Waals surface area contributed by atoms with E-state index in [0.29, 0.717) is 31.6 Å². The number of alkyl halides is 6. The monoisotopic (exact) mass is 515 g/mol. The van der Waals surface area contributed by atoms with E-state index in [4.69, 9.17) is 0 Å². The number of benzene rings is 2. The molecule has 1 N–H and O–H groups in total. The molecule has 1 saturated heterocycles. The summed E-state index contributed by atoms with van der Waals surface area (Å²) < 4.78 is 78.9. The molecule has 0 spiro atoms. The van der Waals surface area contributed by atoms with Crippen LogP contribution in [0.2, 0.25) is 0 Å². The molecule has 2 amide bonds. The van der Waals surface area contributed by atoms with Crippen molar-refractivity contribution in [2.75, 3.05) is 38.0 Å². The van der Waals surface area contributed by atoms with Gasteiger partial charge in [0.2, 0.25) is 11.8 Å². The van der Waals surface area contributed by atoms with Crippen LogP contribution in [0.25, 0.3) is 0 Å². The second kappa shape index (κ2) is 10.9. The molecule has 0 unspecified atom stereocenters. The molecule has 0 atom stereocenters. The zero-order valence-electron chi connectivity index (χ0n) is 19.9. The van der Waals surface area contributed by atoms with Crippen LogP contribution in [-0.2, 0) is 28.4 Å². The van der Waals surface area contributed by atoms with Crippen molar-refractivity contribution in [1.29, 1.82) is 0 Å². The third kappa shape index (κ3) is 6.99. The summed E-state index contributed by atoms with van der Waals surface area (Å²) in [5.74, 6) is -0.825. The Labute approximate surface area is 205 Å². The topological polar surface area (TPSA) is 52.7 Å². The van der Waals surface area contributed by atoms with Crippen LogP contribution in [0.3, 0.4) is 0 Å². The van der Waals surface area contributed by atoms with Gasteiger partial charge in [0.05, 0.1) is 24.1 Å². The zero-order chi connectivity index (χ0) is 26.7. The number of nitrogens with one attached hydrogen (secondary N) is 1. The van der Waals surface area contributed by atoms with Crippen LogP contribution >= 0.6 is 0 Å². The van der Waals surface area contributed by atoms with Crippen LogP contribution in [0, 0.1) is 13.8 Å². The normalized spacial score (nSPS) is 15.5. The summed E-state index contributed by atoms with van der Waals surface area (Å²) in [5.41, 5.74) is -0.795. The second-order valence-corrected chi connectivity index (χ2v) is 8.87. The highest BCUT2D eigenvalue weighted by molar-refractivity contribution is 5.93. The molecule has 3 rings (SSSR count). The Morgan fingerprint density at radius 2 is 1.56 bits per heavy atom. The number of hydrogen-bond acceptors (Lipinski definition) is 3. The van der Waals surface area contributed by atoms with Crippen molar-refractivity contribution < 1.29 is 35.9 Å². The molecule has 0 aromatic heterocycles. The van der Waals surface area contributed by atoms with Crippen LogP contribution in [-0.4, -0.2) is 54.3 Å². The van der Waals surface area contributed by atoms with Gasteiger partial charge in [0.15, 0.2) is 0 Å². The predicted octanol–water partition coefficient (Wildman–Crippen LogP) is 5.06. The number of carbonyl (C=O) groups excluding carboxylic acids is 2. The number of halogens is 6. The standard InChI is InChI=1S/C25H27F6N3O2/c1-16-5-3-6-17(2)23(16)32-21(35)15-33-9-4-10-34(12-11-33)22(36)13-18-7-8-19(24(26,27)28)14-20(18)25(29,30)31/h3,5-8,14H,4,9-13,15H2,1-2H3,(H,32,35). The Kier molecular flexibility index (Phi) is 8.33. The SMILES string of the molecule is Cc1cccc(C)c1NC(=O)CN1CCCN(C(=O)Cc2ccc(C(F)(F)F)cc2C(F)(F)F)CC1. The summed E-state index contributed by atoms with van der Waals surface area (Å²) in [4.78, 5) is 28.6. The van der Waals surface area contributed by atoms with Gasteiger partial charge in [-0.1, -0.05) is 24.3 Å². The number of anilines is 1. The molecule has 0 bridgehead atoms. The van der Waals surface area contributed by atoms with Gasteiger partial charge in [-0.05, 0) is 49.1 Å². The van der Waals surface area contributed by atoms with Crippen LogP contribution in [0.4, 0.5) is 32.0 Å². The predicted molar refractivity (Wildman–Crippen MR) is 122 cm³/mol. The fraction of sp³-hybridized carbons (Fsp3) is 0.440. The van der Waals surface area contributed by atoms with E-state index in [1.54, 1.807) is 0 Å². The Morgan fingerprint density at radius 3 is 2.17 bits per heavy atom. The maximum atomic E-state index is 13.4. The van der Waals surface area contributed by atoms with E-state index in [1.807, 2.05) is 36.9 Å². The van der Waals surface area contributed by atoms with Crippen molar-refractivity contribution in [3.8, 4) is 0 Å². The van der Waals surface area contributed by atoms with E-state index in [0.717, 1.165) is 16.8 Å². The first-order valence-electron chi connectivity index (χ1n) is 11.4. The molecule has 2 aromatic rings. The highest BCUT2D eigenvalue weighted by Crippen LogP contribution is 2.37. The van der Waals surface area contributed by atoms with Gasteiger partial charge in [-0.25, -0.2) is 0 Å². The lowest BCUT2D eigenvalue weighted by atomic mass is 10.00. The molecule has 1 aliphatic heterocycles. The zero-order valence-corrected chi connectivity index (χ0v) is 19.9. The number of hydrogen-bond donors (Lipinski definition) is 1.